The third-order valence-corrected chi connectivity index (χ3v) is 5.67. The standard InChI is InChI=1S/C28H25ClN2O4/c1-3-34-27-14-19(12-13-25(27)35-18-22-10-6-7-11-24(22)29)17-30-31-28(32)23-15-20-8-4-5-9-21(20)16-26(23)33-2/h4-17H,3,18H2,1-2H3,(H,31,32). The van der Waals surface area contributed by atoms with Crippen molar-refractivity contribution in [3.63, 3.8) is 0 Å². The number of halogens is 1. The van der Waals surface area contributed by atoms with E-state index in [4.69, 9.17) is 25.8 Å². The SMILES string of the molecule is CCOc1cc(C=NNC(=O)c2cc3ccccc3cc2OC)ccc1OCc1ccccc1Cl. The van der Waals surface area contributed by atoms with Crippen LogP contribution in [0.2, 0.25) is 5.02 Å². The van der Waals surface area contributed by atoms with E-state index in [1.165, 1.54) is 7.11 Å². The first-order chi connectivity index (χ1) is 17.1. The van der Waals surface area contributed by atoms with Crippen molar-refractivity contribution in [1.82, 2.24) is 5.43 Å². The maximum atomic E-state index is 12.8. The number of carbonyl (C=O) groups excluding carboxylic acids is 1. The molecule has 0 spiro atoms. The van der Waals surface area contributed by atoms with Gasteiger partial charge < -0.3 is 14.2 Å². The summed E-state index contributed by atoms with van der Waals surface area (Å²) in [6.07, 6.45) is 1.55. The molecule has 4 aromatic carbocycles. The Labute approximate surface area is 209 Å². The molecule has 0 atom stereocenters. The van der Waals surface area contributed by atoms with Crippen LogP contribution in [0.3, 0.4) is 0 Å². The van der Waals surface area contributed by atoms with Crippen LogP contribution in [0.25, 0.3) is 10.8 Å². The van der Waals surface area contributed by atoms with Gasteiger partial charge in [-0.25, -0.2) is 5.43 Å². The van der Waals surface area contributed by atoms with Crippen molar-refractivity contribution in [3.05, 3.63) is 101 Å². The summed E-state index contributed by atoms with van der Waals surface area (Å²) in [6, 6.07) is 24.4. The van der Waals surface area contributed by atoms with Crippen LogP contribution in [0, 0.1) is 0 Å². The lowest BCUT2D eigenvalue weighted by Gasteiger charge is -2.13. The summed E-state index contributed by atoms with van der Waals surface area (Å²) in [5.74, 6) is 1.28. The minimum absolute atomic E-state index is 0.316. The number of hydrogen-bond acceptors (Lipinski definition) is 5. The van der Waals surface area contributed by atoms with E-state index < -0.39 is 0 Å². The monoisotopic (exact) mass is 488 g/mol. The summed E-state index contributed by atoms with van der Waals surface area (Å²) >= 11 is 6.22. The molecule has 7 heteroatoms. The molecule has 0 fully saturated rings. The van der Waals surface area contributed by atoms with E-state index in [1.807, 2.05) is 67.6 Å². The van der Waals surface area contributed by atoms with Gasteiger partial charge in [-0.05, 0) is 59.7 Å². The Morgan fingerprint density at radius 2 is 1.66 bits per heavy atom. The minimum Gasteiger partial charge on any atom is -0.496 e. The van der Waals surface area contributed by atoms with Crippen molar-refractivity contribution < 1.29 is 19.0 Å². The van der Waals surface area contributed by atoms with Gasteiger partial charge in [0.1, 0.15) is 12.4 Å². The molecule has 1 amide bonds. The van der Waals surface area contributed by atoms with E-state index >= 15 is 0 Å². The summed E-state index contributed by atoms with van der Waals surface area (Å²) in [5.41, 5.74) is 4.60. The first-order valence-electron chi connectivity index (χ1n) is 11.1. The molecule has 35 heavy (non-hydrogen) atoms. The van der Waals surface area contributed by atoms with Gasteiger partial charge in [0.15, 0.2) is 11.5 Å². The maximum Gasteiger partial charge on any atom is 0.275 e. The van der Waals surface area contributed by atoms with E-state index in [1.54, 1.807) is 24.4 Å². The van der Waals surface area contributed by atoms with Gasteiger partial charge in [-0.2, -0.15) is 5.10 Å². The quantitative estimate of drug-likeness (QED) is 0.223. The number of rotatable bonds is 9. The third kappa shape index (κ3) is 5.91. The first-order valence-corrected chi connectivity index (χ1v) is 11.5. The summed E-state index contributed by atoms with van der Waals surface area (Å²) in [6.45, 7) is 2.69. The fourth-order valence-corrected chi connectivity index (χ4v) is 3.75. The normalized spacial score (nSPS) is 10.9. The molecule has 0 aromatic heterocycles. The average molecular weight is 489 g/mol. The summed E-state index contributed by atoms with van der Waals surface area (Å²) in [5, 5.41) is 6.69. The highest BCUT2D eigenvalue weighted by Gasteiger charge is 2.13. The molecule has 0 bridgehead atoms. The number of benzene rings is 4. The Bertz CT molecular complexity index is 1370. The molecular formula is C28H25ClN2O4. The van der Waals surface area contributed by atoms with Crippen molar-refractivity contribution in [2.24, 2.45) is 5.10 Å². The highest BCUT2D eigenvalue weighted by atomic mass is 35.5. The lowest BCUT2D eigenvalue weighted by Crippen LogP contribution is -2.18. The van der Waals surface area contributed by atoms with Crippen LogP contribution in [0.5, 0.6) is 17.2 Å². The van der Waals surface area contributed by atoms with Crippen molar-refractivity contribution in [1.29, 1.82) is 0 Å². The molecule has 1 N–H and O–H groups in total. The molecule has 0 heterocycles. The number of carbonyl (C=O) groups is 1. The van der Waals surface area contributed by atoms with Gasteiger partial charge in [-0.3, -0.25) is 4.79 Å². The van der Waals surface area contributed by atoms with Crippen molar-refractivity contribution in [2.45, 2.75) is 13.5 Å². The zero-order valence-electron chi connectivity index (χ0n) is 19.5. The second kappa shape index (κ2) is 11.4. The number of hydrogen-bond donors (Lipinski definition) is 1. The highest BCUT2D eigenvalue weighted by Crippen LogP contribution is 2.30. The van der Waals surface area contributed by atoms with Gasteiger partial charge in [0, 0.05) is 10.6 Å². The Balaban J connectivity index is 1.47. The number of ether oxygens (including phenoxy) is 3. The van der Waals surface area contributed by atoms with Crippen LogP contribution in [0.1, 0.15) is 28.4 Å². The predicted molar refractivity (Wildman–Crippen MR) is 139 cm³/mol. The number of methoxy groups -OCH3 is 1. The Kier molecular flexibility index (Phi) is 7.85. The number of fused-ring (bicyclic) bond motifs is 1. The van der Waals surface area contributed by atoms with Crippen LogP contribution in [0.4, 0.5) is 0 Å². The topological polar surface area (TPSA) is 69.2 Å². The summed E-state index contributed by atoms with van der Waals surface area (Å²) in [4.78, 5) is 12.8. The number of nitrogens with zero attached hydrogens (tertiary/aromatic N) is 1. The summed E-state index contributed by atoms with van der Waals surface area (Å²) in [7, 11) is 1.54. The zero-order valence-corrected chi connectivity index (χ0v) is 20.2. The second-order valence-corrected chi connectivity index (χ2v) is 8.03. The van der Waals surface area contributed by atoms with Crippen LogP contribution >= 0.6 is 11.6 Å². The number of amides is 1. The highest BCUT2D eigenvalue weighted by molar-refractivity contribution is 6.31. The predicted octanol–water partition coefficient (Wildman–Crippen LogP) is 6.24. The van der Waals surface area contributed by atoms with Gasteiger partial charge in [0.05, 0.1) is 25.5 Å². The van der Waals surface area contributed by atoms with Crippen LogP contribution in [-0.4, -0.2) is 25.8 Å². The van der Waals surface area contributed by atoms with Gasteiger partial charge in [0.2, 0.25) is 0 Å². The molecule has 4 rings (SSSR count). The third-order valence-electron chi connectivity index (χ3n) is 5.30. The van der Waals surface area contributed by atoms with E-state index in [-0.39, 0.29) is 5.91 Å². The molecule has 0 aliphatic heterocycles. The maximum absolute atomic E-state index is 12.8. The van der Waals surface area contributed by atoms with Crippen LogP contribution in [0.15, 0.2) is 84.0 Å². The van der Waals surface area contributed by atoms with Crippen molar-refractivity contribution in [3.8, 4) is 17.2 Å². The Morgan fingerprint density at radius 3 is 2.40 bits per heavy atom. The van der Waals surface area contributed by atoms with Gasteiger partial charge >= 0.3 is 0 Å². The molecule has 0 saturated heterocycles. The largest absolute Gasteiger partial charge is 0.496 e. The lowest BCUT2D eigenvalue weighted by atomic mass is 10.1. The molecule has 6 nitrogen and oxygen atoms in total. The van der Waals surface area contributed by atoms with E-state index in [2.05, 4.69) is 10.5 Å². The molecule has 178 valence electrons. The average Bonchev–Trinajstić information content (AvgIpc) is 2.88. The Hall–Kier alpha value is -4.03. The minimum atomic E-state index is -0.367. The van der Waals surface area contributed by atoms with Crippen LogP contribution in [-0.2, 0) is 6.61 Å². The van der Waals surface area contributed by atoms with E-state index in [0.29, 0.717) is 41.0 Å². The molecule has 0 unspecified atom stereocenters. The molecule has 0 aliphatic carbocycles. The molecule has 4 aromatic rings. The molecular weight excluding hydrogens is 464 g/mol. The van der Waals surface area contributed by atoms with Crippen molar-refractivity contribution in [2.75, 3.05) is 13.7 Å². The van der Waals surface area contributed by atoms with E-state index in [9.17, 15) is 4.79 Å². The number of hydrazone groups is 1. The van der Waals surface area contributed by atoms with Gasteiger partial charge in [0.25, 0.3) is 5.91 Å². The fourth-order valence-electron chi connectivity index (χ4n) is 3.55. The zero-order chi connectivity index (χ0) is 24.6. The van der Waals surface area contributed by atoms with E-state index in [0.717, 1.165) is 21.9 Å². The van der Waals surface area contributed by atoms with Gasteiger partial charge in [-0.15, -0.1) is 0 Å². The lowest BCUT2D eigenvalue weighted by molar-refractivity contribution is 0.0952. The number of nitrogens with one attached hydrogen (secondary N) is 1. The molecule has 0 aliphatic rings. The molecule has 0 saturated carbocycles. The second-order valence-electron chi connectivity index (χ2n) is 7.62. The molecule has 0 radical (unpaired) electrons. The van der Waals surface area contributed by atoms with Crippen LogP contribution < -0.4 is 19.6 Å². The van der Waals surface area contributed by atoms with Gasteiger partial charge in [-0.1, -0.05) is 54.1 Å². The smallest absolute Gasteiger partial charge is 0.275 e. The Morgan fingerprint density at radius 1 is 0.914 bits per heavy atom. The van der Waals surface area contributed by atoms with Crippen molar-refractivity contribution >= 4 is 34.5 Å². The first kappa shape index (κ1) is 24.1. The summed E-state index contributed by atoms with van der Waals surface area (Å²) < 4.78 is 17.1. The fraction of sp³-hybridized carbons (Fsp3) is 0.143.